The zero-order valence-corrected chi connectivity index (χ0v) is 19.0. The second kappa shape index (κ2) is 9.36. The van der Waals surface area contributed by atoms with E-state index in [9.17, 15) is 34.8 Å². The molecule has 2 aromatic rings. The SMILES string of the molecule is COC(=O)c1c(OC)cc2c(c1C)C(=O)c1c(O[C@@H]3O[C@H](CO)[C@@H](O)[C@H](O)[C@H]3O)cccc1C2=O. The summed E-state index contributed by atoms with van der Waals surface area (Å²) < 4.78 is 21.1. The molecule has 5 atom stereocenters. The average Bonchev–Trinajstić information content (AvgIpc) is 2.86. The summed E-state index contributed by atoms with van der Waals surface area (Å²) in [4.78, 5) is 39.4. The maximum Gasteiger partial charge on any atom is 0.341 e. The van der Waals surface area contributed by atoms with Crippen molar-refractivity contribution in [3.63, 3.8) is 0 Å². The zero-order valence-electron chi connectivity index (χ0n) is 19.0. The number of aliphatic hydroxyl groups excluding tert-OH is 4. The molecule has 1 aliphatic heterocycles. The van der Waals surface area contributed by atoms with Crippen LogP contribution >= 0.6 is 0 Å². The highest BCUT2D eigenvalue weighted by molar-refractivity contribution is 6.30. The smallest absolute Gasteiger partial charge is 0.341 e. The van der Waals surface area contributed by atoms with E-state index >= 15 is 0 Å². The molecule has 4 rings (SSSR count). The van der Waals surface area contributed by atoms with Crippen molar-refractivity contribution in [1.29, 1.82) is 0 Å². The van der Waals surface area contributed by atoms with Crippen LogP contribution in [-0.4, -0.2) is 89.5 Å². The minimum atomic E-state index is -1.72. The van der Waals surface area contributed by atoms with Crippen molar-refractivity contribution in [2.45, 2.75) is 37.6 Å². The van der Waals surface area contributed by atoms with Crippen LogP contribution in [-0.2, 0) is 9.47 Å². The van der Waals surface area contributed by atoms with Gasteiger partial charge in [-0.05, 0) is 24.6 Å². The highest BCUT2D eigenvalue weighted by atomic mass is 16.7. The Labute approximate surface area is 199 Å². The monoisotopic (exact) mass is 488 g/mol. The highest BCUT2D eigenvalue weighted by Crippen LogP contribution is 2.39. The number of ketones is 2. The van der Waals surface area contributed by atoms with E-state index in [1.54, 1.807) is 0 Å². The van der Waals surface area contributed by atoms with E-state index in [0.717, 1.165) is 0 Å². The van der Waals surface area contributed by atoms with Crippen LogP contribution in [0.25, 0.3) is 0 Å². The normalized spacial score (nSPS) is 25.5. The van der Waals surface area contributed by atoms with Gasteiger partial charge < -0.3 is 39.4 Å². The number of rotatable bonds is 5. The van der Waals surface area contributed by atoms with Crippen LogP contribution in [0, 0.1) is 6.92 Å². The van der Waals surface area contributed by atoms with Crippen molar-refractivity contribution >= 4 is 17.5 Å². The molecule has 186 valence electrons. The van der Waals surface area contributed by atoms with Crippen molar-refractivity contribution in [2.75, 3.05) is 20.8 Å². The molecule has 0 bridgehead atoms. The fraction of sp³-hybridized carbons (Fsp3) is 0.375. The molecule has 0 amide bonds. The minimum Gasteiger partial charge on any atom is -0.496 e. The molecule has 1 saturated heterocycles. The van der Waals surface area contributed by atoms with Crippen LogP contribution in [0.3, 0.4) is 0 Å². The maximum absolute atomic E-state index is 13.7. The van der Waals surface area contributed by atoms with Crippen molar-refractivity contribution in [1.82, 2.24) is 0 Å². The lowest BCUT2D eigenvalue weighted by molar-refractivity contribution is -0.277. The van der Waals surface area contributed by atoms with Gasteiger partial charge in [0.25, 0.3) is 0 Å². The number of carbonyl (C=O) groups excluding carboxylic acids is 3. The fourth-order valence-corrected chi connectivity index (χ4v) is 4.39. The molecule has 0 saturated carbocycles. The molecule has 1 aliphatic carbocycles. The van der Waals surface area contributed by atoms with Crippen LogP contribution in [0.2, 0.25) is 0 Å². The molecule has 4 N–H and O–H groups in total. The Kier molecular flexibility index (Phi) is 6.62. The van der Waals surface area contributed by atoms with E-state index in [1.807, 2.05) is 0 Å². The number of methoxy groups -OCH3 is 2. The minimum absolute atomic E-state index is 0.00863. The summed E-state index contributed by atoms with van der Waals surface area (Å²) in [6, 6.07) is 5.56. The number of benzene rings is 2. The van der Waals surface area contributed by atoms with Gasteiger partial charge in [0.05, 0.1) is 26.4 Å². The van der Waals surface area contributed by atoms with E-state index < -0.39 is 54.8 Å². The predicted octanol–water partition coefficient (Wildman–Crippen LogP) is -0.256. The Morgan fingerprint density at radius 2 is 1.69 bits per heavy atom. The van der Waals surface area contributed by atoms with Gasteiger partial charge in [0.1, 0.15) is 41.5 Å². The molecule has 2 aliphatic rings. The lowest BCUT2D eigenvalue weighted by atomic mass is 9.80. The molecule has 1 heterocycles. The van der Waals surface area contributed by atoms with Gasteiger partial charge in [-0.25, -0.2) is 4.79 Å². The fourth-order valence-electron chi connectivity index (χ4n) is 4.39. The summed E-state index contributed by atoms with van der Waals surface area (Å²) in [5.74, 6) is -1.96. The molecule has 0 unspecified atom stereocenters. The summed E-state index contributed by atoms with van der Waals surface area (Å²) in [7, 11) is 2.50. The Morgan fingerprint density at radius 3 is 2.31 bits per heavy atom. The largest absolute Gasteiger partial charge is 0.496 e. The number of ether oxygens (including phenoxy) is 4. The van der Waals surface area contributed by atoms with E-state index in [2.05, 4.69) is 0 Å². The third-order valence-electron chi connectivity index (χ3n) is 6.21. The van der Waals surface area contributed by atoms with Gasteiger partial charge in [0, 0.05) is 16.7 Å². The predicted molar refractivity (Wildman–Crippen MR) is 117 cm³/mol. The van der Waals surface area contributed by atoms with Gasteiger partial charge in [-0.1, -0.05) is 12.1 Å². The summed E-state index contributed by atoms with van der Waals surface area (Å²) in [5.41, 5.74) is 0.0504. The molecule has 0 radical (unpaired) electrons. The standard InChI is InChI=1S/C24H24O11/c1-9-15-11(7-13(32-2)16(9)23(31)33-3)18(26)10-5-4-6-12(17(10)20(15)28)34-24-22(30)21(29)19(27)14(8-25)35-24/h4-7,14,19,21-22,24-25,27,29-30H,8H2,1-3H3/t14-,19-,21+,22-,24-/m1/s1. The molecule has 11 nitrogen and oxygen atoms in total. The quantitative estimate of drug-likeness (QED) is 0.349. The first-order valence-electron chi connectivity index (χ1n) is 10.7. The Bertz CT molecular complexity index is 1200. The number of fused-ring (bicyclic) bond motifs is 2. The summed E-state index contributed by atoms with van der Waals surface area (Å²) in [6.45, 7) is 0.824. The van der Waals surface area contributed by atoms with E-state index in [1.165, 1.54) is 45.4 Å². The first-order valence-corrected chi connectivity index (χ1v) is 10.7. The van der Waals surface area contributed by atoms with Gasteiger partial charge in [-0.2, -0.15) is 0 Å². The van der Waals surface area contributed by atoms with Gasteiger partial charge in [-0.3, -0.25) is 9.59 Å². The van der Waals surface area contributed by atoms with Crippen LogP contribution in [0.1, 0.15) is 47.8 Å². The van der Waals surface area contributed by atoms with Crippen molar-refractivity contribution in [2.24, 2.45) is 0 Å². The second-order valence-corrected chi connectivity index (χ2v) is 8.15. The zero-order chi connectivity index (χ0) is 25.6. The molecule has 2 aromatic carbocycles. The number of aliphatic hydroxyl groups is 4. The van der Waals surface area contributed by atoms with Crippen LogP contribution in [0.4, 0.5) is 0 Å². The van der Waals surface area contributed by atoms with Crippen molar-refractivity contribution < 1.29 is 53.8 Å². The molecular weight excluding hydrogens is 464 g/mol. The number of hydrogen-bond acceptors (Lipinski definition) is 11. The first kappa shape index (κ1) is 24.8. The molecule has 11 heteroatoms. The van der Waals surface area contributed by atoms with E-state index in [0.29, 0.717) is 0 Å². The number of esters is 1. The summed E-state index contributed by atoms with van der Waals surface area (Å²) in [5, 5.41) is 39.8. The van der Waals surface area contributed by atoms with E-state index in [4.69, 9.17) is 18.9 Å². The number of hydrogen-bond donors (Lipinski definition) is 4. The molecule has 1 fully saturated rings. The lowest BCUT2D eigenvalue weighted by Crippen LogP contribution is -2.60. The van der Waals surface area contributed by atoms with Crippen LogP contribution in [0.5, 0.6) is 11.5 Å². The Morgan fingerprint density at radius 1 is 0.971 bits per heavy atom. The van der Waals surface area contributed by atoms with E-state index in [-0.39, 0.29) is 44.9 Å². The average molecular weight is 488 g/mol. The molecule has 0 spiro atoms. The molecule has 0 aromatic heterocycles. The van der Waals surface area contributed by atoms with Gasteiger partial charge in [-0.15, -0.1) is 0 Å². The Balaban J connectivity index is 1.81. The van der Waals surface area contributed by atoms with Gasteiger partial charge in [0.2, 0.25) is 6.29 Å². The van der Waals surface area contributed by atoms with Crippen molar-refractivity contribution in [3.05, 3.63) is 57.6 Å². The maximum atomic E-state index is 13.7. The first-order chi connectivity index (χ1) is 16.7. The van der Waals surface area contributed by atoms with Gasteiger partial charge >= 0.3 is 5.97 Å². The lowest BCUT2D eigenvalue weighted by Gasteiger charge is -2.39. The van der Waals surface area contributed by atoms with Crippen LogP contribution in [0.15, 0.2) is 24.3 Å². The summed E-state index contributed by atoms with van der Waals surface area (Å²) in [6.07, 6.45) is -7.80. The topological polar surface area (TPSA) is 169 Å². The third-order valence-corrected chi connectivity index (χ3v) is 6.21. The number of carbonyl (C=O) groups is 3. The highest BCUT2D eigenvalue weighted by Gasteiger charge is 2.45. The van der Waals surface area contributed by atoms with Gasteiger partial charge in [0.15, 0.2) is 11.6 Å². The van der Waals surface area contributed by atoms with Crippen LogP contribution < -0.4 is 9.47 Å². The Hall–Kier alpha value is -3.35. The molecule has 35 heavy (non-hydrogen) atoms. The second-order valence-electron chi connectivity index (χ2n) is 8.15. The summed E-state index contributed by atoms with van der Waals surface area (Å²) >= 11 is 0. The third kappa shape index (κ3) is 3.87. The van der Waals surface area contributed by atoms with Crippen molar-refractivity contribution in [3.8, 4) is 11.5 Å². The molecular formula is C24H24O11.